The molecule has 49 heavy (non-hydrogen) atoms. The monoisotopic (exact) mass is 769 g/mol. The zero-order chi connectivity index (χ0) is 36.0. The van der Waals surface area contributed by atoms with Gasteiger partial charge in [-0.2, -0.15) is 0 Å². The van der Waals surface area contributed by atoms with E-state index in [0.29, 0.717) is 4.57 Å². The van der Waals surface area contributed by atoms with Crippen LogP contribution < -0.4 is 36.1 Å². The fourth-order valence-electron chi connectivity index (χ4n) is 3.96. The number of H-pyrrole nitrogens is 1. The van der Waals surface area contributed by atoms with E-state index < -0.39 is 86.4 Å². The Morgan fingerprint density at radius 2 is 1.39 bits per heavy atom. The maximum Gasteiger partial charge on any atom is 0.412 e. The fraction of sp³-hybridized carbons (Fsp3) is 0.261. The number of aliphatic hydroxyl groups excluding tert-OH is 1. The number of aromatic nitrogens is 2. The quantitative estimate of drug-likeness (QED) is 0.165. The predicted molar refractivity (Wildman–Crippen MR) is 152 cm³/mol. The molecule has 1 aromatic heterocycles. The topological polar surface area (TPSA) is 329 Å². The van der Waals surface area contributed by atoms with Crippen molar-refractivity contribution in [2.75, 3.05) is 11.9 Å². The van der Waals surface area contributed by atoms with Crippen molar-refractivity contribution in [3.63, 3.8) is 0 Å². The van der Waals surface area contributed by atoms with E-state index in [1.54, 1.807) is 24.3 Å². The molecular weight excluding hydrogens is 746 g/mol. The third kappa shape index (κ3) is 11.7. The molecule has 1 amide bonds. The number of phosphoric ester groups is 2. The number of amides is 1. The molecule has 26 heteroatoms. The molecule has 1 saturated heterocycles. The van der Waals surface area contributed by atoms with Crippen molar-refractivity contribution in [2.24, 2.45) is 0 Å². The zero-order valence-corrected chi connectivity index (χ0v) is 27.8. The van der Waals surface area contributed by atoms with Gasteiger partial charge in [-0.15, -0.1) is 0 Å². The largest absolute Gasteiger partial charge is 0.756 e. The second-order valence-corrected chi connectivity index (χ2v) is 15.6. The van der Waals surface area contributed by atoms with Gasteiger partial charge >= 0.3 is 11.8 Å². The highest BCUT2D eigenvalue weighted by Crippen LogP contribution is 2.66. The molecule has 22 nitrogen and oxygen atoms in total. The molecule has 3 aromatic rings. The van der Waals surface area contributed by atoms with Crippen LogP contribution in [-0.4, -0.2) is 45.7 Å². The minimum atomic E-state index is -6.54. The number of anilines is 1. The summed E-state index contributed by atoms with van der Waals surface area (Å²) in [5.74, 6) is 0. The van der Waals surface area contributed by atoms with Crippen LogP contribution in [0.5, 0.6) is 0 Å². The van der Waals surface area contributed by atoms with Gasteiger partial charge in [0.25, 0.3) is 36.9 Å². The molecule has 0 radical (unpaired) electrons. The number of aromatic amines is 1. The minimum absolute atomic E-state index is 0.243. The maximum atomic E-state index is 12.5. The van der Waals surface area contributed by atoms with E-state index in [9.17, 15) is 57.3 Å². The first kappa shape index (κ1) is 38.7. The highest BCUT2D eigenvalue weighted by atomic mass is 31.3. The lowest BCUT2D eigenvalue weighted by Crippen LogP contribution is -2.41. The second kappa shape index (κ2) is 15.8. The van der Waals surface area contributed by atoms with Crippen LogP contribution in [0, 0.1) is 0 Å². The van der Waals surface area contributed by atoms with Crippen LogP contribution in [-0.2, 0) is 56.3 Å². The van der Waals surface area contributed by atoms with Gasteiger partial charge in [0, 0.05) is 18.0 Å². The first-order valence-corrected chi connectivity index (χ1v) is 19.1. The maximum absolute atomic E-state index is 12.5. The summed E-state index contributed by atoms with van der Waals surface area (Å²) in [6.45, 7) is -2.04. The first-order chi connectivity index (χ1) is 22.8. The van der Waals surface area contributed by atoms with Crippen molar-refractivity contribution < 1.29 is 79.2 Å². The Morgan fingerprint density at radius 3 is 1.98 bits per heavy atom. The van der Waals surface area contributed by atoms with Crippen molar-refractivity contribution in [3.8, 4) is 0 Å². The summed E-state index contributed by atoms with van der Waals surface area (Å²) in [5.41, 5.74) is -1.45. The standard InChI is InChI=1S/C23H27N3O19P4/c27-18-11-12-26(22(29)25-18)21-20(42-23(30)24-16-9-5-2-6-10-16)19(28)17(41-21)14-40-47(33,34)44-49(37,38)45-48(35,36)43-46(31,32)39-13-15-7-3-1-4-8-15/h1-12,17,19-21,28H,13-14H2,(H,24,30)(H,31,32)(H,33,34)(H,35,36)(H,37,38)(H,25,27,29)/p-4/t17-,19?,20+,21-/m1/s1. The summed E-state index contributed by atoms with van der Waals surface area (Å²) < 4.78 is 78.9. The van der Waals surface area contributed by atoms with Gasteiger partial charge in [-0.3, -0.25) is 37.9 Å². The highest BCUT2D eigenvalue weighted by Gasteiger charge is 2.48. The molecule has 2 aromatic carbocycles. The Labute approximate surface area is 274 Å². The van der Waals surface area contributed by atoms with Crippen LogP contribution in [0.1, 0.15) is 11.8 Å². The number of carbonyl (C=O) groups is 1. The van der Waals surface area contributed by atoms with Crippen LogP contribution in [0.3, 0.4) is 0 Å². The molecule has 3 N–H and O–H groups in total. The lowest BCUT2D eigenvalue weighted by molar-refractivity contribution is -0.255. The van der Waals surface area contributed by atoms with E-state index in [2.05, 4.69) is 27.3 Å². The minimum Gasteiger partial charge on any atom is -0.756 e. The molecule has 8 atom stereocenters. The van der Waals surface area contributed by atoms with Crippen molar-refractivity contribution in [2.45, 2.75) is 31.1 Å². The lowest BCUT2D eigenvalue weighted by Gasteiger charge is -2.36. The van der Waals surface area contributed by atoms with Gasteiger partial charge in [0.15, 0.2) is 12.3 Å². The number of aliphatic hydroxyl groups is 1. The molecular formula is C23H23N3O19P4-4. The van der Waals surface area contributed by atoms with Gasteiger partial charge in [0.2, 0.25) is 0 Å². The van der Waals surface area contributed by atoms with E-state index >= 15 is 0 Å². The number of carbonyl (C=O) groups excluding carboxylic acids is 1. The average Bonchev–Trinajstić information content (AvgIpc) is 3.28. The Bertz CT molecular complexity index is 1930. The van der Waals surface area contributed by atoms with Crippen LogP contribution in [0.25, 0.3) is 0 Å². The summed E-state index contributed by atoms with van der Waals surface area (Å²) in [7, 11) is -24.9. The van der Waals surface area contributed by atoms with E-state index in [1.165, 1.54) is 36.4 Å². The zero-order valence-electron chi connectivity index (χ0n) is 24.2. The SMILES string of the molecule is O=C(Nc1ccccc1)O[C@H]1C(O)[C@@H](COP(=O)([O-])OP(=O)([O-])OP(=O)([O-])OP(=O)([O-])OCc2ccccc2)O[C@H]1n1ccc(=O)[nH]c1=O. The molecule has 0 bridgehead atoms. The Hall–Kier alpha value is -3.13. The Balaban J connectivity index is 1.40. The van der Waals surface area contributed by atoms with Crippen molar-refractivity contribution >= 4 is 43.1 Å². The first-order valence-electron chi connectivity index (χ1n) is 13.2. The number of rotatable bonds is 15. The van der Waals surface area contributed by atoms with Gasteiger partial charge < -0.3 is 43.2 Å². The number of hydrogen-bond acceptors (Lipinski definition) is 19. The third-order valence-electron chi connectivity index (χ3n) is 5.93. The van der Waals surface area contributed by atoms with Gasteiger partial charge in [-0.05, 0) is 17.7 Å². The number of hydrogen-bond donors (Lipinski definition) is 3. The normalized spacial score (nSPS) is 24.1. The van der Waals surface area contributed by atoms with Crippen molar-refractivity contribution in [1.29, 1.82) is 0 Å². The molecule has 2 heterocycles. The van der Waals surface area contributed by atoms with E-state index in [4.69, 9.17) is 9.47 Å². The van der Waals surface area contributed by atoms with Crippen molar-refractivity contribution in [1.82, 2.24) is 9.55 Å². The van der Waals surface area contributed by atoms with Crippen LogP contribution in [0.2, 0.25) is 0 Å². The van der Waals surface area contributed by atoms with E-state index in [1.807, 2.05) is 4.98 Å². The number of benzene rings is 2. The van der Waals surface area contributed by atoms with Gasteiger partial charge in [-0.25, -0.2) is 22.5 Å². The van der Waals surface area contributed by atoms with Crippen molar-refractivity contribution in [3.05, 3.63) is 99.3 Å². The predicted octanol–water partition coefficient (Wildman–Crippen LogP) is -0.431. The lowest BCUT2D eigenvalue weighted by atomic mass is 10.1. The fourth-order valence-corrected chi connectivity index (χ4v) is 8.69. The van der Waals surface area contributed by atoms with E-state index in [0.717, 1.165) is 12.3 Å². The van der Waals surface area contributed by atoms with Gasteiger partial charge in [0.05, 0.1) is 13.2 Å². The number of para-hydroxylation sites is 1. The molecule has 0 aliphatic carbocycles. The third-order valence-corrected chi connectivity index (χ3v) is 11.6. The Kier molecular flexibility index (Phi) is 12.5. The molecule has 1 fully saturated rings. The van der Waals surface area contributed by atoms with Crippen LogP contribution in [0.15, 0.2) is 82.5 Å². The molecule has 0 saturated carbocycles. The van der Waals surface area contributed by atoms with Gasteiger partial charge in [-0.1, -0.05) is 48.5 Å². The van der Waals surface area contributed by atoms with Crippen LogP contribution in [0.4, 0.5) is 10.5 Å². The highest BCUT2D eigenvalue weighted by molar-refractivity contribution is 7.68. The molecule has 5 unspecified atom stereocenters. The number of nitrogens with zero attached hydrogens (tertiary/aromatic N) is 1. The van der Waals surface area contributed by atoms with Crippen LogP contribution >= 0.6 is 31.3 Å². The second-order valence-electron chi connectivity index (χ2n) is 9.52. The molecule has 0 spiro atoms. The summed E-state index contributed by atoms with van der Waals surface area (Å²) in [6.07, 6.45) is -7.64. The molecule has 1 aliphatic rings. The number of phosphoric acid groups is 4. The number of ether oxygens (including phenoxy) is 2. The van der Waals surface area contributed by atoms with Gasteiger partial charge in [0.1, 0.15) is 12.2 Å². The van der Waals surface area contributed by atoms with E-state index in [-0.39, 0.29) is 11.3 Å². The molecule has 1 aliphatic heterocycles. The smallest absolute Gasteiger partial charge is 0.412 e. The Morgan fingerprint density at radius 1 is 0.837 bits per heavy atom. The average molecular weight is 769 g/mol. The number of nitrogens with one attached hydrogen (secondary N) is 2. The summed E-state index contributed by atoms with van der Waals surface area (Å²) in [4.78, 5) is 86.5. The molecule has 4 rings (SSSR count). The molecule has 268 valence electrons. The summed E-state index contributed by atoms with van der Waals surface area (Å²) in [6, 6.07) is 16.0. The summed E-state index contributed by atoms with van der Waals surface area (Å²) in [5, 5.41) is 13.1. The summed E-state index contributed by atoms with van der Waals surface area (Å²) >= 11 is 0.